The molecule has 3 aromatic rings. The third-order valence-corrected chi connectivity index (χ3v) is 5.09. The fraction of sp³-hybridized carbons (Fsp3) is 0.167. The summed E-state index contributed by atoms with van der Waals surface area (Å²) < 4.78 is 1.14. The largest absolute Gasteiger partial charge is 0.368 e. The number of halogens is 1. The van der Waals surface area contributed by atoms with Gasteiger partial charge in [-0.25, -0.2) is 4.98 Å². The van der Waals surface area contributed by atoms with Gasteiger partial charge in [0.2, 0.25) is 5.95 Å². The molecule has 19 heavy (non-hydrogen) atoms. The van der Waals surface area contributed by atoms with Crippen molar-refractivity contribution >= 4 is 60.6 Å². The van der Waals surface area contributed by atoms with Crippen molar-refractivity contribution < 1.29 is 0 Å². The Kier molecular flexibility index (Phi) is 3.42. The van der Waals surface area contributed by atoms with Gasteiger partial charge in [-0.2, -0.15) is 4.98 Å². The van der Waals surface area contributed by atoms with Crippen molar-refractivity contribution in [3.8, 4) is 0 Å². The van der Waals surface area contributed by atoms with Gasteiger partial charge in [0.1, 0.15) is 10.6 Å². The van der Waals surface area contributed by atoms with Gasteiger partial charge in [0.15, 0.2) is 0 Å². The van der Waals surface area contributed by atoms with Crippen LogP contribution in [0.3, 0.4) is 0 Å². The second kappa shape index (κ2) is 5.07. The zero-order chi connectivity index (χ0) is 13.4. The summed E-state index contributed by atoms with van der Waals surface area (Å²) in [6.45, 7) is 0.795. The van der Waals surface area contributed by atoms with E-state index in [1.807, 2.05) is 18.5 Å². The molecule has 0 atom stereocenters. The summed E-state index contributed by atoms with van der Waals surface area (Å²) in [6, 6.07) is 4.16. The number of hydrogen-bond donors (Lipinski definition) is 1. The van der Waals surface area contributed by atoms with Crippen LogP contribution in [0.15, 0.2) is 26.7 Å². The van der Waals surface area contributed by atoms with Crippen LogP contribution in [0.2, 0.25) is 0 Å². The average Bonchev–Trinajstić information content (AvgIpc) is 2.96. The maximum absolute atomic E-state index is 5.77. The molecule has 0 radical (unpaired) electrons. The van der Waals surface area contributed by atoms with Crippen LogP contribution in [0.25, 0.3) is 10.2 Å². The maximum atomic E-state index is 5.77. The van der Waals surface area contributed by atoms with E-state index >= 15 is 0 Å². The number of fused-ring (bicyclic) bond motifs is 1. The summed E-state index contributed by atoms with van der Waals surface area (Å²) >= 11 is 6.74. The zero-order valence-corrected chi connectivity index (χ0v) is 13.3. The molecule has 0 aliphatic rings. The Hall–Kier alpha value is -1.18. The molecule has 0 saturated carbocycles. The minimum absolute atomic E-state index is 0.322. The van der Waals surface area contributed by atoms with E-state index < -0.39 is 0 Å². The average molecular weight is 355 g/mol. The van der Waals surface area contributed by atoms with Crippen LogP contribution in [-0.2, 0) is 6.54 Å². The van der Waals surface area contributed by atoms with Gasteiger partial charge in [-0.05, 0) is 44.4 Å². The lowest BCUT2D eigenvalue weighted by atomic mass is 10.3. The van der Waals surface area contributed by atoms with Crippen LogP contribution in [0.4, 0.5) is 11.8 Å². The molecule has 4 nitrogen and oxygen atoms in total. The number of hydrogen-bond acceptors (Lipinski definition) is 6. The van der Waals surface area contributed by atoms with Gasteiger partial charge < -0.3 is 10.6 Å². The summed E-state index contributed by atoms with van der Waals surface area (Å²) in [4.78, 5) is 11.6. The third-order valence-electron chi connectivity index (χ3n) is 2.73. The Balaban J connectivity index is 1.96. The van der Waals surface area contributed by atoms with Gasteiger partial charge in [0, 0.05) is 13.6 Å². The van der Waals surface area contributed by atoms with Crippen LogP contribution in [0.5, 0.6) is 0 Å². The van der Waals surface area contributed by atoms with Gasteiger partial charge in [-0.1, -0.05) is 0 Å². The van der Waals surface area contributed by atoms with E-state index in [0.717, 1.165) is 26.4 Å². The van der Waals surface area contributed by atoms with Crippen LogP contribution in [0.1, 0.15) is 5.56 Å². The molecule has 0 aliphatic heterocycles. The lowest BCUT2D eigenvalue weighted by Crippen LogP contribution is -2.18. The Morgan fingerprint density at radius 1 is 1.37 bits per heavy atom. The summed E-state index contributed by atoms with van der Waals surface area (Å²) in [5.41, 5.74) is 7.02. The first-order chi connectivity index (χ1) is 9.13. The lowest BCUT2D eigenvalue weighted by molar-refractivity contribution is 0.906. The fourth-order valence-corrected chi connectivity index (χ4v) is 3.89. The minimum Gasteiger partial charge on any atom is -0.368 e. The topological polar surface area (TPSA) is 55.0 Å². The molecule has 0 aliphatic carbocycles. The molecular weight excluding hydrogens is 344 g/mol. The molecule has 0 unspecified atom stereocenters. The third kappa shape index (κ3) is 2.58. The van der Waals surface area contributed by atoms with Gasteiger partial charge in [-0.3, -0.25) is 0 Å². The van der Waals surface area contributed by atoms with Gasteiger partial charge in [0.05, 0.1) is 9.17 Å². The van der Waals surface area contributed by atoms with E-state index in [4.69, 9.17) is 5.73 Å². The molecule has 3 aromatic heterocycles. The fourth-order valence-electron chi connectivity index (χ4n) is 1.92. The first-order valence-corrected chi connectivity index (χ1v) is 8.13. The standard InChI is InChI=1S/C12H11BrN4S2/c1-17(5-7-4-9(13)19-6-7)10-8-2-3-18-11(8)16-12(14)15-10/h2-4,6H,5H2,1H3,(H2,14,15,16). The Bertz CT molecular complexity index is 721. The van der Waals surface area contributed by atoms with Crippen molar-refractivity contribution in [1.82, 2.24) is 9.97 Å². The van der Waals surface area contributed by atoms with Gasteiger partial charge in [0.25, 0.3) is 0 Å². The van der Waals surface area contributed by atoms with Crippen LogP contribution in [0, 0.1) is 0 Å². The number of rotatable bonds is 3. The number of thiophene rings is 2. The highest BCUT2D eigenvalue weighted by molar-refractivity contribution is 9.11. The van der Waals surface area contributed by atoms with Crippen LogP contribution >= 0.6 is 38.6 Å². The number of aromatic nitrogens is 2. The smallest absolute Gasteiger partial charge is 0.223 e. The van der Waals surface area contributed by atoms with E-state index in [1.54, 1.807) is 22.7 Å². The van der Waals surface area contributed by atoms with E-state index in [9.17, 15) is 0 Å². The molecule has 2 N–H and O–H groups in total. The van der Waals surface area contributed by atoms with Crippen molar-refractivity contribution in [3.63, 3.8) is 0 Å². The normalized spacial score (nSPS) is 11.1. The molecule has 0 amide bonds. The summed E-state index contributed by atoms with van der Waals surface area (Å²) in [5.74, 6) is 1.20. The predicted octanol–water partition coefficient (Wildman–Crippen LogP) is 3.73. The molecule has 0 fully saturated rings. The Morgan fingerprint density at radius 3 is 2.95 bits per heavy atom. The second-order valence-corrected chi connectivity index (χ2v) is 7.35. The molecule has 3 heterocycles. The first-order valence-electron chi connectivity index (χ1n) is 5.58. The highest BCUT2D eigenvalue weighted by Crippen LogP contribution is 2.29. The summed E-state index contributed by atoms with van der Waals surface area (Å²) in [5, 5.41) is 5.20. The van der Waals surface area contributed by atoms with Crippen molar-refractivity contribution in [1.29, 1.82) is 0 Å². The molecule has 3 rings (SSSR count). The first kappa shape index (κ1) is 12.8. The van der Waals surface area contributed by atoms with E-state index in [1.165, 1.54) is 5.56 Å². The Morgan fingerprint density at radius 2 is 2.21 bits per heavy atom. The molecular formula is C12H11BrN4S2. The molecule has 7 heteroatoms. The van der Waals surface area contributed by atoms with Crippen LogP contribution < -0.4 is 10.6 Å². The van der Waals surface area contributed by atoms with Gasteiger partial charge >= 0.3 is 0 Å². The molecule has 0 aromatic carbocycles. The monoisotopic (exact) mass is 354 g/mol. The van der Waals surface area contributed by atoms with E-state index in [2.05, 4.69) is 42.2 Å². The van der Waals surface area contributed by atoms with E-state index in [0.29, 0.717) is 5.95 Å². The van der Waals surface area contributed by atoms with E-state index in [-0.39, 0.29) is 0 Å². The highest BCUT2D eigenvalue weighted by Gasteiger charge is 2.12. The molecule has 0 spiro atoms. The predicted molar refractivity (Wildman–Crippen MR) is 86.0 cm³/mol. The van der Waals surface area contributed by atoms with Crippen molar-refractivity contribution in [3.05, 3.63) is 32.2 Å². The number of anilines is 2. The van der Waals surface area contributed by atoms with Crippen molar-refractivity contribution in [2.75, 3.05) is 17.7 Å². The molecule has 98 valence electrons. The van der Waals surface area contributed by atoms with Crippen molar-refractivity contribution in [2.24, 2.45) is 0 Å². The second-order valence-electron chi connectivity index (χ2n) is 4.16. The minimum atomic E-state index is 0.322. The Labute approximate surface area is 127 Å². The zero-order valence-electron chi connectivity index (χ0n) is 10.1. The maximum Gasteiger partial charge on any atom is 0.223 e. The SMILES string of the molecule is CN(Cc1csc(Br)c1)c1nc(N)nc2sccc12. The van der Waals surface area contributed by atoms with Crippen molar-refractivity contribution in [2.45, 2.75) is 6.54 Å². The summed E-state index contributed by atoms with van der Waals surface area (Å²) in [6.07, 6.45) is 0. The summed E-state index contributed by atoms with van der Waals surface area (Å²) in [7, 11) is 2.02. The quantitative estimate of drug-likeness (QED) is 0.778. The molecule has 0 saturated heterocycles. The molecule has 0 bridgehead atoms. The number of nitrogens with two attached hydrogens (primary N) is 1. The lowest BCUT2D eigenvalue weighted by Gasteiger charge is -2.18. The van der Waals surface area contributed by atoms with Crippen LogP contribution in [-0.4, -0.2) is 17.0 Å². The number of nitrogens with zero attached hydrogens (tertiary/aromatic N) is 3. The number of nitrogen functional groups attached to an aromatic ring is 1. The van der Waals surface area contributed by atoms with Gasteiger partial charge in [-0.15, -0.1) is 22.7 Å². The highest BCUT2D eigenvalue weighted by atomic mass is 79.9.